The minimum Gasteiger partial charge on any atom is -0.481 e. The van der Waals surface area contributed by atoms with E-state index in [1.807, 2.05) is 60.7 Å². The van der Waals surface area contributed by atoms with Crippen molar-refractivity contribution >= 4 is 35.5 Å². The molecule has 2 aromatic rings. The van der Waals surface area contributed by atoms with Gasteiger partial charge in [0.05, 0.1) is 5.75 Å². The van der Waals surface area contributed by atoms with E-state index in [4.69, 9.17) is 5.11 Å². The van der Waals surface area contributed by atoms with E-state index in [1.165, 1.54) is 11.8 Å². The SMILES string of the molecule is O=C(O)CSc1ccccc1.O=C(S)Cc1ccccc1. The number of thioether (sulfide) groups is 1. The molecule has 0 unspecified atom stereocenters. The normalized spacial score (nSPS) is 9.38. The predicted molar refractivity (Wildman–Crippen MR) is 88.9 cm³/mol. The zero-order chi connectivity index (χ0) is 15.5. The average molecular weight is 320 g/mol. The first-order valence-electron chi connectivity index (χ1n) is 6.23. The van der Waals surface area contributed by atoms with Crippen LogP contribution in [0.4, 0.5) is 0 Å². The van der Waals surface area contributed by atoms with E-state index in [-0.39, 0.29) is 10.9 Å². The highest BCUT2D eigenvalue weighted by Crippen LogP contribution is 2.15. The highest BCUT2D eigenvalue weighted by atomic mass is 32.2. The molecule has 0 radical (unpaired) electrons. The smallest absolute Gasteiger partial charge is 0.313 e. The van der Waals surface area contributed by atoms with Crippen LogP contribution < -0.4 is 0 Å². The molecule has 0 heterocycles. The topological polar surface area (TPSA) is 54.4 Å². The van der Waals surface area contributed by atoms with Gasteiger partial charge in [-0.2, -0.15) is 0 Å². The summed E-state index contributed by atoms with van der Waals surface area (Å²) in [7, 11) is 0. The Labute approximate surface area is 133 Å². The summed E-state index contributed by atoms with van der Waals surface area (Å²) in [5.74, 6) is -0.650. The van der Waals surface area contributed by atoms with Crippen LogP contribution in [-0.2, 0) is 16.0 Å². The summed E-state index contributed by atoms with van der Waals surface area (Å²) in [6.07, 6.45) is 0.421. The monoisotopic (exact) mass is 320 g/mol. The number of thiol groups is 1. The zero-order valence-corrected chi connectivity index (χ0v) is 13.0. The first-order valence-corrected chi connectivity index (χ1v) is 7.66. The average Bonchev–Trinajstić information content (AvgIpc) is 2.47. The Kier molecular flexibility index (Phi) is 8.31. The quantitative estimate of drug-likeness (QED) is 0.653. The molecule has 21 heavy (non-hydrogen) atoms. The zero-order valence-electron chi connectivity index (χ0n) is 11.3. The van der Waals surface area contributed by atoms with Crippen LogP contribution in [0, 0.1) is 0 Å². The molecule has 0 fully saturated rings. The van der Waals surface area contributed by atoms with Gasteiger partial charge in [0.2, 0.25) is 0 Å². The minimum atomic E-state index is -0.779. The van der Waals surface area contributed by atoms with Crippen LogP contribution in [0.25, 0.3) is 0 Å². The number of hydrogen-bond acceptors (Lipinski definition) is 3. The van der Waals surface area contributed by atoms with Gasteiger partial charge in [0.15, 0.2) is 5.12 Å². The fourth-order valence-electron chi connectivity index (χ4n) is 1.43. The Morgan fingerprint density at radius 1 is 0.952 bits per heavy atom. The lowest BCUT2D eigenvalue weighted by Crippen LogP contribution is -1.96. The lowest BCUT2D eigenvalue weighted by Gasteiger charge is -1.95. The molecule has 0 aromatic heterocycles. The molecular formula is C16H16O3S2. The molecule has 1 N–H and O–H groups in total. The van der Waals surface area contributed by atoms with Gasteiger partial charge >= 0.3 is 5.97 Å². The second-order valence-electron chi connectivity index (χ2n) is 4.05. The third-order valence-corrected chi connectivity index (χ3v) is 3.46. The lowest BCUT2D eigenvalue weighted by molar-refractivity contribution is -0.133. The first kappa shape index (κ1) is 17.3. The summed E-state index contributed by atoms with van der Waals surface area (Å²) in [5, 5.41) is 8.26. The van der Waals surface area contributed by atoms with Gasteiger partial charge in [-0.25, -0.2) is 0 Å². The van der Waals surface area contributed by atoms with E-state index in [0.717, 1.165) is 10.5 Å². The molecule has 3 nitrogen and oxygen atoms in total. The highest BCUT2D eigenvalue weighted by Gasteiger charge is 1.97. The molecule has 0 saturated carbocycles. The number of rotatable bonds is 5. The first-order chi connectivity index (χ1) is 10.1. The van der Waals surface area contributed by atoms with Gasteiger partial charge in [-0.15, -0.1) is 24.4 Å². The maximum Gasteiger partial charge on any atom is 0.313 e. The van der Waals surface area contributed by atoms with Gasteiger partial charge in [-0.1, -0.05) is 48.5 Å². The van der Waals surface area contributed by atoms with Crippen LogP contribution in [0.1, 0.15) is 5.56 Å². The van der Waals surface area contributed by atoms with Gasteiger partial charge < -0.3 is 5.11 Å². The Bertz CT molecular complexity index is 556. The Balaban J connectivity index is 0.000000211. The van der Waals surface area contributed by atoms with Crippen molar-refractivity contribution in [1.29, 1.82) is 0 Å². The number of hydrogen-bond donors (Lipinski definition) is 2. The summed E-state index contributed by atoms with van der Waals surface area (Å²) < 4.78 is 0. The van der Waals surface area contributed by atoms with E-state index in [0.29, 0.717) is 6.42 Å². The second-order valence-corrected chi connectivity index (χ2v) is 5.60. The maximum atomic E-state index is 10.5. The molecule has 2 rings (SSSR count). The van der Waals surface area contributed by atoms with Crippen LogP contribution in [-0.4, -0.2) is 21.9 Å². The number of carbonyl (C=O) groups is 2. The van der Waals surface area contributed by atoms with Gasteiger partial charge in [0.25, 0.3) is 0 Å². The van der Waals surface area contributed by atoms with Crippen molar-refractivity contribution in [2.45, 2.75) is 11.3 Å². The molecule has 0 aliphatic carbocycles. The van der Waals surface area contributed by atoms with Crippen molar-refractivity contribution in [3.05, 3.63) is 66.2 Å². The molecule has 5 heteroatoms. The molecule has 0 aliphatic heterocycles. The van der Waals surface area contributed by atoms with Gasteiger partial charge in [0, 0.05) is 11.3 Å². The van der Waals surface area contributed by atoms with Crippen molar-refractivity contribution in [1.82, 2.24) is 0 Å². The van der Waals surface area contributed by atoms with Gasteiger partial charge in [-0.3, -0.25) is 9.59 Å². The molecule has 0 aliphatic rings. The van der Waals surface area contributed by atoms with Crippen molar-refractivity contribution in [2.24, 2.45) is 0 Å². The van der Waals surface area contributed by atoms with Crippen LogP contribution in [0.5, 0.6) is 0 Å². The molecule has 0 amide bonds. The minimum absolute atomic E-state index is 0.0915. The Morgan fingerprint density at radius 2 is 1.48 bits per heavy atom. The van der Waals surface area contributed by atoms with Crippen molar-refractivity contribution in [2.75, 3.05) is 5.75 Å². The molecule has 0 atom stereocenters. The third kappa shape index (κ3) is 8.94. The Hall–Kier alpha value is -1.72. The van der Waals surface area contributed by atoms with Gasteiger partial charge in [-0.05, 0) is 17.7 Å². The number of aliphatic carboxylic acids is 1. The van der Waals surface area contributed by atoms with E-state index in [1.54, 1.807) is 0 Å². The lowest BCUT2D eigenvalue weighted by atomic mass is 10.2. The van der Waals surface area contributed by atoms with E-state index >= 15 is 0 Å². The summed E-state index contributed by atoms with van der Waals surface area (Å²) >= 11 is 5.00. The molecule has 0 saturated heterocycles. The van der Waals surface area contributed by atoms with Crippen LogP contribution in [0.2, 0.25) is 0 Å². The number of carbonyl (C=O) groups excluding carboxylic acids is 1. The largest absolute Gasteiger partial charge is 0.481 e. The van der Waals surface area contributed by atoms with Gasteiger partial charge in [0.1, 0.15) is 0 Å². The maximum absolute atomic E-state index is 10.5. The second kappa shape index (κ2) is 10.1. The third-order valence-electron chi connectivity index (χ3n) is 2.30. The summed E-state index contributed by atoms with van der Waals surface area (Å²) in [6, 6.07) is 19.0. The standard InChI is InChI=1S/C8H8O2S.C8H8OS/c9-8(10)6-11-7-4-2-1-3-5-7;9-8(10)6-7-4-2-1-3-5-7/h1-5H,6H2,(H,9,10);1-5H,6H2,(H,9,10). The van der Waals surface area contributed by atoms with Crippen LogP contribution in [0.15, 0.2) is 65.6 Å². The summed E-state index contributed by atoms with van der Waals surface area (Å²) in [6.45, 7) is 0. The molecule has 0 bridgehead atoms. The molecule has 110 valence electrons. The Morgan fingerprint density at radius 3 is 1.95 bits per heavy atom. The predicted octanol–water partition coefficient (Wildman–Crippen LogP) is 3.55. The molecular weight excluding hydrogens is 304 g/mol. The van der Waals surface area contributed by atoms with Crippen molar-refractivity contribution < 1.29 is 14.7 Å². The van der Waals surface area contributed by atoms with Crippen LogP contribution >= 0.6 is 24.4 Å². The van der Waals surface area contributed by atoms with E-state index < -0.39 is 5.97 Å². The number of carboxylic acids is 1. The fraction of sp³-hybridized carbons (Fsp3) is 0.125. The van der Waals surface area contributed by atoms with Crippen molar-refractivity contribution in [3.8, 4) is 0 Å². The van der Waals surface area contributed by atoms with E-state index in [2.05, 4.69) is 12.6 Å². The molecule has 2 aromatic carbocycles. The summed E-state index contributed by atoms with van der Waals surface area (Å²) in [4.78, 5) is 21.6. The number of carboxylic acid groups (broad SMARTS) is 1. The number of benzene rings is 2. The summed E-state index contributed by atoms with van der Waals surface area (Å²) in [5.41, 5.74) is 1.02. The molecule has 0 spiro atoms. The fourth-order valence-corrected chi connectivity index (χ4v) is 2.25. The van der Waals surface area contributed by atoms with Crippen LogP contribution in [0.3, 0.4) is 0 Å². The van der Waals surface area contributed by atoms with E-state index in [9.17, 15) is 9.59 Å². The highest BCUT2D eigenvalue weighted by molar-refractivity contribution is 8.00. The van der Waals surface area contributed by atoms with Crippen molar-refractivity contribution in [3.63, 3.8) is 0 Å².